The van der Waals surface area contributed by atoms with Crippen molar-refractivity contribution in [3.63, 3.8) is 0 Å². The number of aryl methyl sites for hydroxylation is 1. The third kappa shape index (κ3) is 4.89. The van der Waals surface area contributed by atoms with Gasteiger partial charge >= 0.3 is 0 Å². The lowest BCUT2D eigenvalue weighted by molar-refractivity contribution is 1.23. The van der Waals surface area contributed by atoms with Crippen LogP contribution in [0, 0.1) is 6.92 Å². The summed E-state index contributed by atoms with van der Waals surface area (Å²) in [5.74, 6) is 0. The summed E-state index contributed by atoms with van der Waals surface area (Å²) in [6.45, 7) is 12.4. The number of hydrogen-bond donors (Lipinski definition) is 0. The predicted octanol–water partition coefficient (Wildman–Crippen LogP) is 11.8. The van der Waals surface area contributed by atoms with E-state index in [1.54, 1.807) is 0 Å². The van der Waals surface area contributed by atoms with Crippen LogP contribution in [-0.2, 0) is 0 Å². The summed E-state index contributed by atoms with van der Waals surface area (Å²) >= 11 is 0. The van der Waals surface area contributed by atoms with Gasteiger partial charge in [-0.1, -0.05) is 132 Å². The van der Waals surface area contributed by atoms with Crippen LogP contribution in [0.4, 0.5) is 0 Å². The molecule has 0 nitrogen and oxygen atoms in total. The van der Waals surface area contributed by atoms with Gasteiger partial charge in [0, 0.05) is 0 Å². The average Bonchev–Trinajstić information content (AvgIpc) is 2.96. The zero-order chi connectivity index (χ0) is 26.4. The summed E-state index contributed by atoms with van der Waals surface area (Å²) < 4.78 is 0. The Kier molecular flexibility index (Phi) is 8.41. The third-order valence-electron chi connectivity index (χ3n) is 6.84. The van der Waals surface area contributed by atoms with Crippen molar-refractivity contribution in [1.29, 1.82) is 0 Å². The average molecular weight is 483 g/mol. The fraction of sp³-hybridized carbons (Fsp3) is 0.189. The molecule has 0 N–H and O–H groups in total. The van der Waals surface area contributed by atoms with Gasteiger partial charge < -0.3 is 0 Å². The largest absolute Gasteiger partial charge is 0.0842 e. The van der Waals surface area contributed by atoms with Crippen LogP contribution in [0.5, 0.6) is 0 Å². The van der Waals surface area contributed by atoms with Crippen LogP contribution in [0.1, 0.15) is 52.2 Å². The molecule has 0 amide bonds. The Morgan fingerprint density at radius 1 is 0.541 bits per heavy atom. The molecule has 0 bridgehead atoms. The molecule has 0 spiro atoms. The monoisotopic (exact) mass is 482 g/mol. The second-order valence-electron chi connectivity index (χ2n) is 8.90. The van der Waals surface area contributed by atoms with Gasteiger partial charge in [0.1, 0.15) is 0 Å². The molecule has 37 heavy (non-hydrogen) atoms. The van der Waals surface area contributed by atoms with Crippen molar-refractivity contribution in [2.75, 3.05) is 0 Å². The van der Waals surface area contributed by atoms with Gasteiger partial charge in [-0.05, 0) is 90.8 Å². The highest BCUT2D eigenvalue weighted by Gasteiger charge is 2.14. The van der Waals surface area contributed by atoms with E-state index in [1.807, 2.05) is 27.7 Å². The summed E-state index contributed by atoms with van der Waals surface area (Å²) in [4.78, 5) is 0. The number of rotatable bonds is 3. The van der Waals surface area contributed by atoms with Crippen LogP contribution >= 0.6 is 0 Å². The summed E-state index contributed by atoms with van der Waals surface area (Å²) in [7, 11) is 0. The molecule has 0 aliphatic rings. The molecule has 6 rings (SSSR count). The first-order chi connectivity index (χ1) is 18.2. The molecule has 186 valence electrons. The van der Waals surface area contributed by atoms with E-state index >= 15 is 0 Å². The minimum Gasteiger partial charge on any atom is -0.0842 e. The third-order valence-corrected chi connectivity index (χ3v) is 6.84. The molecule has 6 aromatic carbocycles. The van der Waals surface area contributed by atoms with Gasteiger partial charge in [0.2, 0.25) is 0 Å². The Hall–Kier alpha value is -3.90. The van der Waals surface area contributed by atoms with Crippen molar-refractivity contribution in [2.24, 2.45) is 0 Å². The standard InChI is InChI=1S/C33H26.2C2H6/c1-3-4-10-23-21-32-26(19-22(23)2)17-18-30-29(32)15-9-16-31(30)33-27-13-7-5-11-24(27)20-25-12-6-8-14-28(25)33;2*1-2/h4-21H,3H2,1-2H3;2*1-2H3/b10-4-;;. The van der Waals surface area contributed by atoms with Crippen molar-refractivity contribution in [3.8, 4) is 11.1 Å². The first kappa shape index (κ1) is 26.2. The van der Waals surface area contributed by atoms with Gasteiger partial charge in [0.15, 0.2) is 0 Å². The van der Waals surface area contributed by atoms with Crippen molar-refractivity contribution < 1.29 is 0 Å². The van der Waals surface area contributed by atoms with Gasteiger partial charge in [-0.25, -0.2) is 0 Å². The van der Waals surface area contributed by atoms with E-state index in [1.165, 1.54) is 65.3 Å². The Labute approximate surface area is 222 Å². The first-order valence-electron chi connectivity index (χ1n) is 13.8. The molecule has 0 fully saturated rings. The summed E-state index contributed by atoms with van der Waals surface area (Å²) in [5, 5.41) is 10.4. The normalized spacial score (nSPS) is 11.0. The van der Waals surface area contributed by atoms with Gasteiger partial charge in [0.25, 0.3) is 0 Å². The van der Waals surface area contributed by atoms with E-state index in [9.17, 15) is 0 Å². The highest BCUT2D eigenvalue weighted by Crippen LogP contribution is 2.41. The highest BCUT2D eigenvalue weighted by atomic mass is 14.2. The van der Waals surface area contributed by atoms with Crippen molar-refractivity contribution >= 4 is 49.2 Å². The van der Waals surface area contributed by atoms with E-state index in [-0.39, 0.29) is 0 Å². The van der Waals surface area contributed by atoms with Crippen LogP contribution in [0.3, 0.4) is 0 Å². The Balaban J connectivity index is 0.000000765. The lowest BCUT2D eigenvalue weighted by atomic mass is 9.88. The van der Waals surface area contributed by atoms with Crippen LogP contribution < -0.4 is 0 Å². The molecule has 0 heteroatoms. The minimum absolute atomic E-state index is 1.05. The second-order valence-corrected chi connectivity index (χ2v) is 8.90. The van der Waals surface area contributed by atoms with E-state index in [0.29, 0.717) is 0 Å². The van der Waals surface area contributed by atoms with Gasteiger partial charge in [-0.3, -0.25) is 0 Å². The maximum absolute atomic E-state index is 2.37. The zero-order valence-electron chi connectivity index (χ0n) is 23.1. The molecule has 0 atom stereocenters. The second kappa shape index (κ2) is 11.9. The molecule has 0 saturated carbocycles. The predicted molar refractivity (Wildman–Crippen MR) is 169 cm³/mol. The number of allylic oxidation sites excluding steroid dienone is 1. The topological polar surface area (TPSA) is 0 Å². The van der Waals surface area contributed by atoms with E-state index in [2.05, 4.69) is 123 Å². The number of benzene rings is 6. The molecular weight excluding hydrogens is 444 g/mol. The van der Waals surface area contributed by atoms with Crippen molar-refractivity contribution in [2.45, 2.75) is 48.0 Å². The zero-order valence-corrected chi connectivity index (χ0v) is 23.1. The number of hydrogen-bond acceptors (Lipinski definition) is 0. The SMILES string of the molecule is CC.CC.CC/C=C\c1cc2c(ccc3c(-c4c5ccccc5cc5ccccc45)cccc32)cc1C. The van der Waals surface area contributed by atoms with Crippen molar-refractivity contribution in [1.82, 2.24) is 0 Å². The quantitative estimate of drug-likeness (QED) is 0.174. The smallest absolute Gasteiger partial charge is 0.00206 e. The lowest BCUT2D eigenvalue weighted by Gasteiger charge is -2.16. The van der Waals surface area contributed by atoms with Gasteiger partial charge in [-0.15, -0.1) is 0 Å². The summed E-state index contributed by atoms with van der Waals surface area (Å²) in [6.07, 6.45) is 5.55. The minimum atomic E-state index is 1.05. The summed E-state index contributed by atoms with van der Waals surface area (Å²) in [5.41, 5.74) is 5.25. The van der Waals surface area contributed by atoms with E-state index in [0.717, 1.165) is 6.42 Å². The maximum atomic E-state index is 2.37. The molecule has 0 aromatic heterocycles. The van der Waals surface area contributed by atoms with E-state index < -0.39 is 0 Å². The Morgan fingerprint density at radius 2 is 1.14 bits per heavy atom. The molecule has 0 unspecified atom stereocenters. The fourth-order valence-corrected chi connectivity index (χ4v) is 5.22. The molecular formula is C37H38. The van der Waals surface area contributed by atoms with E-state index in [4.69, 9.17) is 0 Å². The molecule has 0 aliphatic heterocycles. The van der Waals surface area contributed by atoms with Gasteiger partial charge in [0.05, 0.1) is 0 Å². The molecule has 0 radical (unpaired) electrons. The molecule has 6 aromatic rings. The molecule has 0 saturated heterocycles. The van der Waals surface area contributed by atoms with Crippen LogP contribution in [0.2, 0.25) is 0 Å². The Bertz CT molecular complexity index is 1650. The first-order valence-corrected chi connectivity index (χ1v) is 13.8. The van der Waals surface area contributed by atoms with Gasteiger partial charge in [-0.2, -0.15) is 0 Å². The van der Waals surface area contributed by atoms with Crippen LogP contribution in [-0.4, -0.2) is 0 Å². The molecule has 0 aliphatic carbocycles. The highest BCUT2D eigenvalue weighted by molar-refractivity contribution is 6.20. The Morgan fingerprint density at radius 3 is 1.78 bits per heavy atom. The molecule has 0 heterocycles. The fourth-order valence-electron chi connectivity index (χ4n) is 5.22. The number of fused-ring (bicyclic) bond motifs is 5. The lowest BCUT2D eigenvalue weighted by Crippen LogP contribution is -1.89. The van der Waals surface area contributed by atoms with Crippen LogP contribution in [0.25, 0.3) is 60.3 Å². The van der Waals surface area contributed by atoms with Crippen molar-refractivity contribution in [3.05, 3.63) is 114 Å². The van der Waals surface area contributed by atoms with Crippen LogP contribution in [0.15, 0.2) is 103 Å². The summed E-state index contributed by atoms with van der Waals surface area (Å²) in [6, 6.07) is 35.9. The maximum Gasteiger partial charge on any atom is -0.00206 e.